The second kappa shape index (κ2) is 5.14. The number of thiazole rings is 1. The number of carbonyl (C=O) groups is 2. The molecule has 7 nitrogen and oxygen atoms in total. The summed E-state index contributed by atoms with van der Waals surface area (Å²) in [7, 11) is 0. The molecule has 2 fully saturated rings. The lowest BCUT2D eigenvalue weighted by molar-refractivity contribution is -0.120. The van der Waals surface area contributed by atoms with Crippen LogP contribution in [0.3, 0.4) is 0 Å². The van der Waals surface area contributed by atoms with Gasteiger partial charge in [-0.2, -0.15) is 0 Å². The first kappa shape index (κ1) is 12.4. The van der Waals surface area contributed by atoms with E-state index in [0.717, 1.165) is 36.3 Å². The predicted octanol–water partition coefficient (Wildman–Crippen LogP) is -0.00100. The van der Waals surface area contributed by atoms with Crippen molar-refractivity contribution >= 4 is 33.4 Å². The van der Waals surface area contributed by atoms with Crippen molar-refractivity contribution in [3.8, 4) is 0 Å². The molecule has 0 saturated carbocycles. The van der Waals surface area contributed by atoms with Gasteiger partial charge >= 0.3 is 6.03 Å². The van der Waals surface area contributed by atoms with E-state index in [-0.39, 0.29) is 11.9 Å². The largest absolute Gasteiger partial charge is 0.345 e. The van der Waals surface area contributed by atoms with E-state index in [2.05, 4.69) is 20.5 Å². The second-order valence-electron chi connectivity index (χ2n) is 4.47. The molecule has 3 heterocycles. The Bertz CT molecular complexity index is 497. The molecular weight excluding hydrogens is 266 g/mol. The van der Waals surface area contributed by atoms with Crippen LogP contribution in [0.2, 0.25) is 0 Å². The van der Waals surface area contributed by atoms with Crippen LogP contribution in [0.15, 0.2) is 6.20 Å². The molecule has 0 aliphatic carbocycles. The monoisotopic (exact) mass is 281 g/mol. The first-order valence-electron chi connectivity index (χ1n) is 6.27. The zero-order chi connectivity index (χ0) is 13.2. The van der Waals surface area contributed by atoms with Crippen molar-refractivity contribution in [1.82, 2.24) is 15.6 Å². The number of nitrogens with zero attached hydrogens (tertiary/aromatic N) is 3. The molecule has 1 aromatic rings. The van der Waals surface area contributed by atoms with Gasteiger partial charge in [0.2, 0.25) is 5.91 Å². The van der Waals surface area contributed by atoms with Crippen LogP contribution < -0.4 is 20.4 Å². The number of rotatable bonds is 2. The molecule has 2 N–H and O–H groups in total. The standard InChI is InChI=1S/C11H15N5O2S/c17-8-1-4-16(10(18)14-8)9-7-13-11(19-9)15-5-2-12-3-6-15/h7,12H,1-6H2,(H,14,17,18). The van der Waals surface area contributed by atoms with Gasteiger partial charge < -0.3 is 10.2 Å². The van der Waals surface area contributed by atoms with Crippen LogP contribution in [-0.4, -0.2) is 49.6 Å². The lowest BCUT2D eigenvalue weighted by Crippen LogP contribution is -2.49. The van der Waals surface area contributed by atoms with Gasteiger partial charge in [-0.15, -0.1) is 0 Å². The Hall–Kier alpha value is -1.67. The summed E-state index contributed by atoms with van der Waals surface area (Å²) in [4.78, 5) is 31.0. The summed E-state index contributed by atoms with van der Waals surface area (Å²) in [5.41, 5.74) is 0. The van der Waals surface area contributed by atoms with Crippen molar-refractivity contribution in [3.63, 3.8) is 0 Å². The van der Waals surface area contributed by atoms with Gasteiger partial charge in [0.15, 0.2) is 5.13 Å². The molecular formula is C11H15N5O2S. The summed E-state index contributed by atoms with van der Waals surface area (Å²) in [6.07, 6.45) is 2.05. The maximum Gasteiger partial charge on any atom is 0.329 e. The van der Waals surface area contributed by atoms with Crippen molar-refractivity contribution in [2.45, 2.75) is 6.42 Å². The third-order valence-corrected chi connectivity index (χ3v) is 4.27. The highest BCUT2D eigenvalue weighted by atomic mass is 32.1. The minimum absolute atomic E-state index is 0.215. The number of hydrogen-bond donors (Lipinski definition) is 2. The Morgan fingerprint density at radius 1 is 1.21 bits per heavy atom. The lowest BCUT2D eigenvalue weighted by atomic mass is 10.3. The summed E-state index contributed by atoms with van der Waals surface area (Å²) < 4.78 is 0. The Labute approximate surface area is 114 Å². The fourth-order valence-electron chi connectivity index (χ4n) is 2.16. The van der Waals surface area contributed by atoms with Gasteiger partial charge in [0.25, 0.3) is 0 Å². The zero-order valence-electron chi connectivity index (χ0n) is 10.4. The summed E-state index contributed by atoms with van der Waals surface area (Å²) in [5, 5.41) is 7.33. The van der Waals surface area contributed by atoms with Crippen LogP contribution in [0.4, 0.5) is 14.9 Å². The van der Waals surface area contributed by atoms with E-state index in [9.17, 15) is 9.59 Å². The minimum atomic E-state index is -0.355. The first-order chi connectivity index (χ1) is 9.24. The number of hydrogen-bond acceptors (Lipinski definition) is 6. The molecule has 0 atom stereocenters. The number of amides is 3. The minimum Gasteiger partial charge on any atom is -0.345 e. The Balaban J connectivity index is 1.73. The van der Waals surface area contributed by atoms with Crippen LogP contribution in [0.25, 0.3) is 0 Å². The van der Waals surface area contributed by atoms with Crippen LogP contribution in [-0.2, 0) is 4.79 Å². The number of carbonyl (C=O) groups excluding carboxylic acids is 2. The molecule has 19 heavy (non-hydrogen) atoms. The summed E-state index contributed by atoms with van der Waals surface area (Å²) in [6.45, 7) is 4.18. The molecule has 0 radical (unpaired) electrons. The number of urea groups is 1. The normalized spacial score (nSPS) is 20.6. The summed E-state index contributed by atoms with van der Waals surface area (Å²) in [6, 6.07) is -0.355. The molecule has 3 amide bonds. The molecule has 3 rings (SSSR count). The predicted molar refractivity (Wildman–Crippen MR) is 72.7 cm³/mol. The highest BCUT2D eigenvalue weighted by molar-refractivity contribution is 7.19. The molecule has 1 aromatic heterocycles. The van der Waals surface area contributed by atoms with E-state index in [1.54, 1.807) is 11.1 Å². The zero-order valence-corrected chi connectivity index (χ0v) is 11.2. The van der Waals surface area contributed by atoms with Crippen molar-refractivity contribution in [2.24, 2.45) is 0 Å². The number of imide groups is 1. The van der Waals surface area contributed by atoms with Crippen molar-refractivity contribution in [1.29, 1.82) is 0 Å². The quantitative estimate of drug-likeness (QED) is 0.798. The molecule has 0 spiro atoms. The maximum atomic E-state index is 11.7. The van der Waals surface area contributed by atoms with Crippen LogP contribution >= 0.6 is 11.3 Å². The van der Waals surface area contributed by atoms with Crippen LogP contribution in [0.5, 0.6) is 0 Å². The van der Waals surface area contributed by atoms with E-state index in [4.69, 9.17) is 0 Å². The van der Waals surface area contributed by atoms with E-state index in [0.29, 0.717) is 13.0 Å². The Kier molecular flexibility index (Phi) is 3.34. The van der Waals surface area contributed by atoms with Gasteiger partial charge in [-0.25, -0.2) is 9.78 Å². The van der Waals surface area contributed by atoms with E-state index >= 15 is 0 Å². The third-order valence-electron chi connectivity index (χ3n) is 3.19. The average molecular weight is 281 g/mol. The summed E-state index contributed by atoms with van der Waals surface area (Å²) >= 11 is 1.49. The van der Waals surface area contributed by atoms with Crippen molar-refractivity contribution in [2.75, 3.05) is 42.5 Å². The van der Waals surface area contributed by atoms with Gasteiger partial charge in [-0.3, -0.25) is 15.0 Å². The SMILES string of the molecule is O=C1CCN(c2cnc(N3CCNCC3)s2)C(=O)N1. The van der Waals surface area contributed by atoms with Gasteiger partial charge in [0.1, 0.15) is 5.00 Å². The van der Waals surface area contributed by atoms with E-state index in [1.807, 2.05) is 0 Å². The molecule has 2 aliphatic rings. The number of nitrogens with one attached hydrogen (secondary N) is 2. The molecule has 2 saturated heterocycles. The van der Waals surface area contributed by atoms with E-state index in [1.165, 1.54) is 11.3 Å². The molecule has 8 heteroatoms. The molecule has 0 aromatic carbocycles. The number of aromatic nitrogens is 1. The number of piperazine rings is 1. The highest BCUT2D eigenvalue weighted by Gasteiger charge is 2.26. The highest BCUT2D eigenvalue weighted by Crippen LogP contribution is 2.30. The number of anilines is 2. The molecule has 0 bridgehead atoms. The topological polar surface area (TPSA) is 77.6 Å². The lowest BCUT2D eigenvalue weighted by Gasteiger charge is -2.27. The van der Waals surface area contributed by atoms with Crippen molar-refractivity contribution in [3.05, 3.63) is 6.20 Å². The van der Waals surface area contributed by atoms with Gasteiger partial charge in [-0.1, -0.05) is 11.3 Å². The Morgan fingerprint density at radius 3 is 2.74 bits per heavy atom. The van der Waals surface area contributed by atoms with Crippen LogP contribution in [0, 0.1) is 0 Å². The van der Waals surface area contributed by atoms with Crippen LogP contribution in [0.1, 0.15) is 6.42 Å². The smallest absolute Gasteiger partial charge is 0.329 e. The maximum absolute atomic E-state index is 11.7. The fraction of sp³-hybridized carbons (Fsp3) is 0.545. The molecule has 0 unspecified atom stereocenters. The van der Waals surface area contributed by atoms with Gasteiger partial charge in [0.05, 0.1) is 6.20 Å². The van der Waals surface area contributed by atoms with E-state index < -0.39 is 0 Å². The van der Waals surface area contributed by atoms with Crippen molar-refractivity contribution < 1.29 is 9.59 Å². The second-order valence-corrected chi connectivity index (χ2v) is 5.46. The Morgan fingerprint density at radius 2 is 2.00 bits per heavy atom. The van der Waals surface area contributed by atoms with Gasteiger partial charge in [0, 0.05) is 39.1 Å². The fourth-order valence-corrected chi connectivity index (χ4v) is 3.15. The molecule has 102 valence electrons. The average Bonchev–Trinajstić information content (AvgIpc) is 2.89. The summed E-state index contributed by atoms with van der Waals surface area (Å²) in [5.74, 6) is -0.215. The molecule has 2 aliphatic heterocycles. The first-order valence-corrected chi connectivity index (χ1v) is 7.08. The van der Waals surface area contributed by atoms with Gasteiger partial charge in [-0.05, 0) is 0 Å². The third kappa shape index (κ3) is 2.54.